The average molecular weight is 929 g/mol. The van der Waals surface area contributed by atoms with Crippen molar-refractivity contribution in [2.45, 2.75) is 150 Å². The van der Waals surface area contributed by atoms with E-state index in [2.05, 4.69) is 266 Å². The summed E-state index contributed by atoms with van der Waals surface area (Å²) >= 11 is 0. The molecule has 0 aliphatic carbocycles. The number of benzene rings is 6. The van der Waals surface area contributed by atoms with Crippen molar-refractivity contribution in [3.63, 3.8) is 0 Å². The molecule has 9 rings (SSSR count). The second kappa shape index (κ2) is 16.9. The Morgan fingerprint density at radius 3 is 1.47 bits per heavy atom. The molecular formula is C65H76N4O. The van der Waals surface area contributed by atoms with Gasteiger partial charge in [-0.1, -0.05) is 172 Å². The quantitative estimate of drug-likeness (QED) is 0.159. The van der Waals surface area contributed by atoms with Gasteiger partial charge in [0.05, 0.1) is 22.4 Å². The fourth-order valence-electron chi connectivity index (χ4n) is 10.2. The van der Waals surface area contributed by atoms with Crippen molar-refractivity contribution in [2.75, 3.05) is 16.5 Å². The molecule has 0 spiro atoms. The lowest BCUT2D eigenvalue weighted by Gasteiger charge is -2.32. The summed E-state index contributed by atoms with van der Waals surface area (Å²) in [7, 11) is 0. The van der Waals surface area contributed by atoms with E-state index in [1.165, 1.54) is 61.4 Å². The minimum Gasteiger partial charge on any atom is -0.457 e. The molecule has 5 heteroatoms. The third-order valence-corrected chi connectivity index (χ3v) is 14.7. The lowest BCUT2D eigenvalue weighted by molar-refractivity contribution is 0.479. The van der Waals surface area contributed by atoms with Gasteiger partial charge in [0.2, 0.25) is 0 Å². The molecule has 0 bridgehead atoms. The van der Waals surface area contributed by atoms with Gasteiger partial charge in [-0.3, -0.25) is 4.57 Å². The lowest BCUT2D eigenvalue weighted by atomic mass is 9.74. The van der Waals surface area contributed by atoms with E-state index < -0.39 is 0 Å². The highest BCUT2D eigenvalue weighted by molar-refractivity contribution is 6.09. The molecule has 0 atom stereocenters. The third-order valence-electron chi connectivity index (χ3n) is 14.7. The second-order valence-corrected chi connectivity index (χ2v) is 25.6. The summed E-state index contributed by atoms with van der Waals surface area (Å²) in [6.07, 6.45) is 1.95. The SMILES string of the molecule is CC(C)(C)c1cc(Oc2ccc3c4ccccc4n(-c4cc(C(C)(C)c5ccccc5)ccn4)c3c2)cc(N2CN(c3cc(C(C)(C)C)cc(C(C)(C)C)c3)c3cc(C(C)(C)C)c(C(C)(C)C)cc32)c1. The summed E-state index contributed by atoms with van der Waals surface area (Å²) in [4.78, 5) is 10.1. The van der Waals surface area contributed by atoms with E-state index in [4.69, 9.17) is 9.72 Å². The number of aromatic nitrogens is 2. The van der Waals surface area contributed by atoms with Crippen LogP contribution in [0.1, 0.15) is 157 Å². The second-order valence-electron chi connectivity index (χ2n) is 25.6. The largest absolute Gasteiger partial charge is 0.457 e. The van der Waals surface area contributed by atoms with Gasteiger partial charge in [-0.15, -0.1) is 0 Å². The number of pyridine rings is 1. The van der Waals surface area contributed by atoms with Gasteiger partial charge in [0.15, 0.2) is 0 Å². The number of para-hydroxylation sites is 1. The van der Waals surface area contributed by atoms with Crippen LogP contribution in [0, 0.1) is 0 Å². The summed E-state index contributed by atoms with van der Waals surface area (Å²) in [5.74, 6) is 2.46. The Balaban J connectivity index is 1.19. The Hall–Kier alpha value is -6.33. The van der Waals surface area contributed by atoms with E-state index in [-0.39, 0.29) is 32.5 Å². The first-order valence-electron chi connectivity index (χ1n) is 25.4. The molecule has 362 valence electrons. The van der Waals surface area contributed by atoms with Gasteiger partial charge in [-0.2, -0.15) is 0 Å². The molecule has 70 heavy (non-hydrogen) atoms. The van der Waals surface area contributed by atoms with E-state index in [0.717, 1.165) is 39.4 Å². The monoisotopic (exact) mass is 929 g/mol. The smallest absolute Gasteiger partial charge is 0.137 e. The van der Waals surface area contributed by atoms with Gasteiger partial charge in [-0.05, 0) is 133 Å². The zero-order chi connectivity index (χ0) is 50.5. The van der Waals surface area contributed by atoms with Crippen LogP contribution >= 0.6 is 0 Å². The number of anilines is 4. The first-order valence-corrected chi connectivity index (χ1v) is 25.4. The molecule has 0 fully saturated rings. The fraction of sp³-hybridized carbons (Fsp3) is 0.369. The average Bonchev–Trinajstić information content (AvgIpc) is 3.83. The molecule has 0 amide bonds. The highest BCUT2D eigenvalue weighted by Crippen LogP contribution is 2.51. The van der Waals surface area contributed by atoms with Crippen LogP contribution in [-0.4, -0.2) is 16.2 Å². The maximum Gasteiger partial charge on any atom is 0.137 e. The van der Waals surface area contributed by atoms with Crippen LogP contribution in [0.5, 0.6) is 11.5 Å². The van der Waals surface area contributed by atoms with Gasteiger partial charge < -0.3 is 14.5 Å². The predicted octanol–water partition coefficient (Wildman–Crippen LogP) is 18.0. The minimum atomic E-state index is -0.219. The molecule has 0 saturated heterocycles. The van der Waals surface area contributed by atoms with Crippen molar-refractivity contribution in [1.82, 2.24) is 9.55 Å². The van der Waals surface area contributed by atoms with Crippen LogP contribution < -0.4 is 14.5 Å². The van der Waals surface area contributed by atoms with E-state index >= 15 is 0 Å². The maximum absolute atomic E-state index is 7.12. The molecule has 5 nitrogen and oxygen atoms in total. The van der Waals surface area contributed by atoms with Crippen LogP contribution in [0.2, 0.25) is 0 Å². The molecular weight excluding hydrogens is 853 g/mol. The van der Waals surface area contributed by atoms with E-state index in [1.54, 1.807) is 0 Å². The van der Waals surface area contributed by atoms with Gasteiger partial charge in [0, 0.05) is 45.9 Å². The normalized spacial score (nSPS) is 14.0. The molecule has 8 aromatic rings. The van der Waals surface area contributed by atoms with E-state index in [1.807, 2.05) is 6.20 Å². The van der Waals surface area contributed by atoms with Crippen molar-refractivity contribution < 1.29 is 4.74 Å². The molecule has 0 unspecified atom stereocenters. The van der Waals surface area contributed by atoms with Crippen LogP contribution in [0.4, 0.5) is 22.7 Å². The van der Waals surface area contributed by atoms with Gasteiger partial charge in [0.25, 0.3) is 0 Å². The topological polar surface area (TPSA) is 33.5 Å². The highest BCUT2D eigenvalue weighted by Gasteiger charge is 2.36. The Kier molecular flexibility index (Phi) is 11.8. The molecule has 0 N–H and O–H groups in total. The molecule has 1 aliphatic heterocycles. The van der Waals surface area contributed by atoms with Crippen molar-refractivity contribution in [3.8, 4) is 17.3 Å². The summed E-state index contributed by atoms with van der Waals surface area (Å²) in [5.41, 5.74) is 15.5. The first kappa shape index (κ1) is 48.7. The Labute approximate surface area is 419 Å². The van der Waals surface area contributed by atoms with Crippen LogP contribution in [0.25, 0.3) is 27.6 Å². The van der Waals surface area contributed by atoms with Crippen molar-refractivity contribution in [2.24, 2.45) is 0 Å². The third kappa shape index (κ3) is 9.13. The zero-order valence-corrected chi connectivity index (χ0v) is 45.2. The van der Waals surface area contributed by atoms with Gasteiger partial charge in [0.1, 0.15) is 24.0 Å². The fourth-order valence-corrected chi connectivity index (χ4v) is 10.2. The number of nitrogens with zero attached hydrogens (tertiary/aromatic N) is 4. The van der Waals surface area contributed by atoms with Gasteiger partial charge >= 0.3 is 0 Å². The van der Waals surface area contributed by atoms with Crippen LogP contribution in [0.3, 0.4) is 0 Å². The number of rotatable bonds is 7. The molecule has 3 heterocycles. The van der Waals surface area contributed by atoms with Crippen molar-refractivity contribution in [3.05, 3.63) is 179 Å². The Bertz CT molecular complexity index is 3230. The number of fused-ring (bicyclic) bond motifs is 4. The lowest BCUT2D eigenvalue weighted by Crippen LogP contribution is -2.26. The molecule has 0 radical (unpaired) electrons. The molecule has 2 aromatic heterocycles. The van der Waals surface area contributed by atoms with E-state index in [0.29, 0.717) is 6.67 Å². The summed E-state index contributed by atoms with van der Waals surface area (Å²) < 4.78 is 9.42. The van der Waals surface area contributed by atoms with E-state index in [9.17, 15) is 0 Å². The maximum atomic E-state index is 7.12. The van der Waals surface area contributed by atoms with Crippen LogP contribution in [-0.2, 0) is 32.5 Å². The van der Waals surface area contributed by atoms with Crippen LogP contribution in [0.15, 0.2) is 140 Å². The first-order chi connectivity index (χ1) is 32.6. The minimum absolute atomic E-state index is 0.0184. The Morgan fingerprint density at radius 1 is 0.400 bits per heavy atom. The van der Waals surface area contributed by atoms with Gasteiger partial charge in [-0.25, -0.2) is 4.98 Å². The highest BCUT2D eigenvalue weighted by atomic mass is 16.5. The van der Waals surface area contributed by atoms with Crippen molar-refractivity contribution >= 4 is 44.6 Å². The zero-order valence-electron chi connectivity index (χ0n) is 45.2. The Morgan fingerprint density at radius 2 is 0.914 bits per heavy atom. The standard InChI is InChI=1S/C65H76N4O/c1-60(2,3)44-31-45(61(4,5)6)33-47(32-44)67-41-68(58-40-54(64(13,14)15)53(39-57(58)67)63(10,11)12)48-34-46(62(7,8)9)35-50(37-48)70-49-27-28-52-51-25-21-22-26-55(51)69(56(52)38-49)59-36-43(29-30-66-59)65(16,17)42-23-19-18-20-24-42/h18-40H,41H2,1-17H3. The number of hydrogen-bond donors (Lipinski definition) is 0. The predicted molar refractivity (Wildman–Crippen MR) is 299 cm³/mol. The molecule has 6 aromatic carbocycles. The molecule has 0 saturated carbocycles. The summed E-state index contributed by atoms with van der Waals surface area (Å²) in [6, 6.07) is 49.5. The summed E-state index contributed by atoms with van der Waals surface area (Å²) in [5, 5.41) is 2.34. The van der Waals surface area contributed by atoms with Crippen molar-refractivity contribution in [1.29, 1.82) is 0 Å². The molecule has 1 aliphatic rings. The number of hydrogen-bond acceptors (Lipinski definition) is 4. The number of ether oxygens (including phenoxy) is 1. The summed E-state index contributed by atoms with van der Waals surface area (Å²) in [6.45, 7) is 40.2.